The van der Waals surface area contributed by atoms with Crippen molar-refractivity contribution in [2.75, 3.05) is 13.1 Å². The Labute approximate surface area is 107 Å². The van der Waals surface area contributed by atoms with Crippen LogP contribution >= 0.6 is 0 Å². The van der Waals surface area contributed by atoms with Crippen LogP contribution in [0.2, 0.25) is 0 Å². The molecule has 1 unspecified atom stereocenters. The second kappa shape index (κ2) is 5.08. The zero-order valence-corrected chi connectivity index (χ0v) is 10.6. The summed E-state index contributed by atoms with van der Waals surface area (Å²) in [4.78, 5) is 12.8. The van der Waals surface area contributed by atoms with Crippen LogP contribution in [0, 0.1) is 0 Å². The number of aliphatic hydroxyl groups is 1. The van der Waals surface area contributed by atoms with Gasteiger partial charge in [-0.05, 0) is 24.5 Å². The third-order valence-corrected chi connectivity index (χ3v) is 3.32. The molecule has 0 spiro atoms. The summed E-state index contributed by atoms with van der Waals surface area (Å²) < 4.78 is 0. The van der Waals surface area contributed by atoms with Gasteiger partial charge >= 0.3 is 5.97 Å². The van der Waals surface area contributed by atoms with Crippen LogP contribution in [0.5, 0.6) is 0 Å². The number of carboxylic acids is 1. The van der Waals surface area contributed by atoms with Crippen LogP contribution in [0.4, 0.5) is 0 Å². The molecule has 0 bridgehead atoms. The summed E-state index contributed by atoms with van der Waals surface area (Å²) in [6.07, 6.45) is 0.878. The third-order valence-electron chi connectivity index (χ3n) is 3.32. The summed E-state index contributed by atoms with van der Waals surface area (Å²) in [5.74, 6) is -0.807. The second-order valence-corrected chi connectivity index (χ2v) is 5.34. The Balaban J connectivity index is 1.92. The highest BCUT2D eigenvalue weighted by atomic mass is 16.4. The number of β-amino-alcohol motifs (C(OH)–C–C–N with tert-alkyl or cyclic N) is 1. The summed E-state index contributed by atoms with van der Waals surface area (Å²) in [7, 11) is 0. The first-order chi connectivity index (χ1) is 8.44. The quantitative estimate of drug-likeness (QED) is 0.843. The fourth-order valence-corrected chi connectivity index (χ4v) is 2.37. The third kappa shape index (κ3) is 3.55. The highest BCUT2D eigenvalue weighted by Gasteiger charge is 2.30. The monoisotopic (exact) mass is 249 g/mol. The van der Waals surface area contributed by atoms with Crippen LogP contribution in [0.1, 0.15) is 24.5 Å². The zero-order chi connectivity index (χ0) is 13.2. The number of benzene rings is 1. The number of rotatable bonds is 4. The zero-order valence-electron chi connectivity index (χ0n) is 10.6. The van der Waals surface area contributed by atoms with Gasteiger partial charge in [-0.2, -0.15) is 0 Å². The molecule has 1 fully saturated rings. The van der Waals surface area contributed by atoms with Gasteiger partial charge in [0, 0.05) is 19.6 Å². The Morgan fingerprint density at radius 2 is 1.94 bits per heavy atom. The predicted molar refractivity (Wildman–Crippen MR) is 68.3 cm³/mol. The first kappa shape index (κ1) is 13.1. The van der Waals surface area contributed by atoms with Gasteiger partial charge in [0.05, 0.1) is 12.0 Å². The minimum atomic E-state index is -0.807. The molecule has 1 aliphatic rings. The largest absolute Gasteiger partial charge is 0.481 e. The molecule has 18 heavy (non-hydrogen) atoms. The molecule has 2 rings (SSSR count). The molecule has 1 aliphatic heterocycles. The Kier molecular flexibility index (Phi) is 3.68. The van der Waals surface area contributed by atoms with E-state index in [-0.39, 0.29) is 6.42 Å². The summed E-state index contributed by atoms with van der Waals surface area (Å²) in [6.45, 7) is 4.28. The number of likely N-dealkylation sites (tertiary alicyclic amines) is 1. The average molecular weight is 249 g/mol. The molecule has 1 aromatic carbocycles. The minimum absolute atomic E-state index is 0.0682. The first-order valence-corrected chi connectivity index (χ1v) is 6.19. The lowest BCUT2D eigenvalue weighted by atomic mass is 10.1. The van der Waals surface area contributed by atoms with Gasteiger partial charge < -0.3 is 10.2 Å². The average Bonchev–Trinajstić information content (AvgIpc) is 2.60. The highest BCUT2D eigenvalue weighted by Crippen LogP contribution is 2.22. The topological polar surface area (TPSA) is 60.8 Å². The molecular formula is C14H19NO3. The molecule has 1 heterocycles. The van der Waals surface area contributed by atoms with Gasteiger partial charge in [-0.25, -0.2) is 0 Å². The van der Waals surface area contributed by atoms with Gasteiger partial charge in [0.15, 0.2) is 0 Å². The summed E-state index contributed by atoms with van der Waals surface area (Å²) in [6, 6.07) is 7.64. The van der Waals surface area contributed by atoms with E-state index in [4.69, 9.17) is 5.11 Å². The van der Waals surface area contributed by atoms with E-state index in [1.54, 1.807) is 0 Å². The number of hydrogen-bond acceptors (Lipinski definition) is 3. The van der Waals surface area contributed by atoms with Crippen molar-refractivity contribution in [3.63, 3.8) is 0 Å². The molecule has 4 nitrogen and oxygen atoms in total. The van der Waals surface area contributed by atoms with Gasteiger partial charge in [-0.15, -0.1) is 0 Å². The number of aliphatic carboxylic acids is 1. The van der Waals surface area contributed by atoms with Crippen molar-refractivity contribution < 1.29 is 15.0 Å². The van der Waals surface area contributed by atoms with Crippen molar-refractivity contribution >= 4 is 5.97 Å². The van der Waals surface area contributed by atoms with Crippen molar-refractivity contribution in [2.24, 2.45) is 0 Å². The Hall–Kier alpha value is -1.39. The molecular weight excluding hydrogens is 230 g/mol. The van der Waals surface area contributed by atoms with E-state index < -0.39 is 11.6 Å². The first-order valence-electron chi connectivity index (χ1n) is 6.19. The predicted octanol–water partition coefficient (Wildman–Crippen LogP) is 1.27. The van der Waals surface area contributed by atoms with Crippen LogP contribution in [-0.2, 0) is 17.8 Å². The highest BCUT2D eigenvalue weighted by molar-refractivity contribution is 5.70. The van der Waals surface area contributed by atoms with E-state index in [0.717, 1.165) is 30.6 Å². The fourth-order valence-electron chi connectivity index (χ4n) is 2.37. The smallest absolute Gasteiger partial charge is 0.307 e. The van der Waals surface area contributed by atoms with E-state index in [1.165, 1.54) is 0 Å². The molecule has 1 saturated heterocycles. The van der Waals surface area contributed by atoms with Crippen molar-refractivity contribution in [2.45, 2.75) is 31.9 Å². The molecule has 98 valence electrons. The molecule has 0 aliphatic carbocycles. The van der Waals surface area contributed by atoms with Crippen LogP contribution in [-0.4, -0.2) is 39.8 Å². The molecule has 0 amide bonds. The summed E-state index contributed by atoms with van der Waals surface area (Å²) >= 11 is 0. The summed E-state index contributed by atoms with van der Waals surface area (Å²) in [5, 5.41) is 18.6. The van der Waals surface area contributed by atoms with Crippen molar-refractivity contribution in [1.29, 1.82) is 0 Å². The maximum absolute atomic E-state index is 10.6. The molecule has 1 aromatic rings. The molecule has 0 aromatic heterocycles. The molecule has 2 N–H and O–H groups in total. The Morgan fingerprint density at radius 1 is 1.33 bits per heavy atom. The standard InChI is InChI=1S/C14H19NO3/c1-14(18)6-7-15(10-14)9-12-4-2-11(3-5-12)8-13(16)17/h2-5,18H,6-10H2,1H3,(H,16,17). The number of nitrogens with zero attached hydrogens (tertiary/aromatic N) is 1. The van der Waals surface area contributed by atoms with E-state index in [0.29, 0.717) is 6.54 Å². The number of carbonyl (C=O) groups is 1. The van der Waals surface area contributed by atoms with Crippen LogP contribution < -0.4 is 0 Å². The van der Waals surface area contributed by atoms with Crippen LogP contribution in [0.15, 0.2) is 24.3 Å². The fraction of sp³-hybridized carbons (Fsp3) is 0.500. The van der Waals surface area contributed by atoms with E-state index in [1.807, 2.05) is 31.2 Å². The van der Waals surface area contributed by atoms with Crippen LogP contribution in [0.25, 0.3) is 0 Å². The van der Waals surface area contributed by atoms with Gasteiger partial charge in [0.2, 0.25) is 0 Å². The SMILES string of the molecule is CC1(O)CCN(Cc2ccc(CC(=O)O)cc2)C1. The van der Waals surface area contributed by atoms with E-state index >= 15 is 0 Å². The molecule has 0 radical (unpaired) electrons. The maximum atomic E-state index is 10.6. The molecule has 4 heteroatoms. The van der Waals surface area contributed by atoms with Crippen molar-refractivity contribution in [3.8, 4) is 0 Å². The van der Waals surface area contributed by atoms with Gasteiger partial charge in [-0.1, -0.05) is 24.3 Å². The molecule has 1 atom stereocenters. The normalized spacial score (nSPS) is 24.3. The number of carboxylic acid groups (broad SMARTS) is 1. The molecule has 0 saturated carbocycles. The lowest BCUT2D eigenvalue weighted by molar-refractivity contribution is -0.136. The summed E-state index contributed by atoms with van der Waals surface area (Å²) in [5.41, 5.74) is 1.41. The van der Waals surface area contributed by atoms with E-state index in [9.17, 15) is 9.90 Å². The Bertz CT molecular complexity index is 425. The van der Waals surface area contributed by atoms with Gasteiger partial charge in [-0.3, -0.25) is 9.69 Å². The lowest BCUT2D eigenvalue weighted by Crippen LogP contribution is -2.29. The van der Waals surface area contributed by atoms with Crippen molar-refractivity contribution in [3.05, 3.63) is 35.4 Å². The van der Waals surface area contributed by atoms with Crippen LogP contribution in [0.3, 0.4) is 0 Å². The van der Waals surface area contributed by atoms with E-state index in [2.05, 4.69) is 4.90 Å². The van der Waals surface area contributed by atoms with Gasteiger partial charge in [0.25, 0.3) is 0 Å². The second-order valence-electron chi connectivity index (χ2n) is 5.34. The lowest BCUT2D eigenvalue weighted by Gasteiger charge is -2.18. The van der Waals surface area contributed by atoms with Crippen molar-refractivity contribution in [1.82, 2.24) is 4.90 Å². The number of hydrogen-bond donors (Lipinski definition) is 2. The van der Waals surface area contributed by atoms with Gasteiger partial charge in [0.1, 0.15) is 0 Å². The Morgan fingerprint density at radius 3 is 2.44 bits per heavy atom. The maximum Gasteiger partial charge on any atom is 0.307 e. The minimum Gasteiger partial charge on any atom is -0.481 e.